The van der Waals surface area contributed by atoms with E-state index in [2.05, 4.69) is 19.2 Å². The Hall–Kier alpha value is -3.52. The summed E-state index contributed by atoms with van der Waals surface area (Å²) >= 11 is 0. The lowest BCUT2D eigenvalue weighted by Crippen LogP contribution is -2.47. The van der Waals surface area contributed by atoms with Gasteiger partial charge in [-0.15, -0.1) is 0 Å². The number of nitrogens with zero attached hydrogens (tertiary/aromatic N) is 1. The fourth-order valence-electron chi connectivity index (χ4n) is 4.65. The highest BCUT2D eigenvalue weighted by Crippen LogP contribution is 2.42. The summed E-state index contributed by atoms with van der Waals surface area (Å²) in [7, 11) is -3.71. The smallest absolute Gasteiger partial charge is 0.241 e. The molecule has 0 aliphatic carbocycles. The maximum absolute atomic E-state index is 13.2. The van der Waals surface area contributed by atoms with Crippen LogP contribution in [0.5, 0.6) is 11.5 Å². The van der Waals surface area contributed by atoms with E-state index in [9.17, 15) is 13.2 Å². The topological polar surface area (TPSA) is 84.9 Å². The SMILES string of the molecule is CCC1(CC)C[C@@H](NC(=O)CN(c2ccc(OCc3ccccc3)cc2)S(C)(=O)=O)c2ccccc2O1. The van der Waals surface area contributed by atoms with E-state index < -0.39 is 10.0 Å². The Kier molecular flexibility index (Phi) is 8.07. The van der Waals surface area contributed by atoms with Gasteiger partial charge in [0.2, 0.25) is 15.9 Å². The van der Waals surface area contributed by atoms with Crippen molar-refractivity contribution in [3.63, 3.8) is 0 Å². The molecule has 1 amide bonds. The molecule has 3 aromatic rings. The number of amides is 1. The molecule has 0 saturated carbocycles. The summed E-state index contributed by atoms with van der Waals surface area (Å²) in [6.07, 6.45) is 3.33. The summed E-state index contributed by atoms with van der Waals surface area (Å²) in [5.74, 6) is 0.992. The third-order valence-electron chi connectivity index (χ3n) is 6.88. The number of hydrogen-bond donors (Lipinski definition) is 1. The van der Waals surface area contributed by atoms with E-state index in [1.165, 1.54) is 0 Å². The van der Waals surface area contributed by atoms with Crippen molar-refractivity contribution in [1.29, 1.82) is 0 Å². The molecule has 196 valence electrons. The van der Waals surface area contributed by atoms with Crippen molar-refractivity contribution in [2.24, 2.45) is 0 Å². The molecule has 0 aromatic heterocycles. The van der Waals surface area contributed by atoms with E-state index in [1.807, 2.05) is 54.6 Å². The van der Waals surface area contributed by atoms with Gasteiger partial charge in [0.05, 0.1) is 18.0 Å². The Morgan fingerprint density at radius 3 is 2.30 bits per heavy atom. The summed E-state index contributed by atoms with van der Waals surface area (Å²) < 4.78 is 38.5. The molecule has 3 aromatic carbocycles. The Bertz CT molecular complexity index is 1310. The Balaban J connectivity index is 1.47. The van der Waals surface area contributed by atoms with Crippen molar-refractivity contribution >= 4 is 21.6 Å². The molecule has 0 fully saturated rings. The number of nitrogens with one attached hydrogen (secondary N) is 1. The molecule has 1 atom stereocenters. The van der Waals surface area contributed by atoms with Gasteiger partial charge >= 0.3 is 0 Å². The standard InChI is InChI=1S/C29H34N2O5S/c1-4-29(5-2)19-26(25-13-9-10-14-27(25)36-29)30-28(32)20-31(37(3,33)34)23-15-17-24(18-16-23)35-21-22-11-7-6-8-12-22/h6-18,26H,4-5,19-21H2,1-3H3,(H,30,32)/t26-/m1/s1. The molecule has 0 radical (unpaired) electrons. The second-order valence-corrected chi connectivity index (χ2v) is 11.3. The van der Waals surface area contributed by atoms with Gasteiger partial charge in [0.25, 0.3) is 0 Å². The lowest BCUT2D eigenvalue weighted by atomic mass is 9.83. The molecule has 8 heteroatoms. The number of ether oxygens (including phenoxy) is 2. The monoisotopic (exact) mass is 522 g/mol. The first kappa shape index (κ1) is 26.5. The number of anilines is 1. The van der Waals surface area contributed by atoms with Gasteiger partial charge < -0.3 is 14.8 Å². The Morgan fingerprint density at radius 1 is 1.00 bits per heavy atom. The molecule has 4 rings (SSSR count). The highest BCUT2D eigenvalue weighted by atomic mass is 32.2. The zero-order valence-corrected chi connectivity index (χ0v) is 22.3. The normalized spacial score (nSPS) is 16.2. The number of benzene rings is 3. The van der Waals surface area contributed by atoms with Crippen molar-refractivity contribution in [2.45, 2.75) is 51.4 Å². The minimum Gasteiger partial charge on any atom is -0.489 e. The molecular formula is C29H34N2O5S. The molecule has 1 N–H and O–H groups in total. The second kappa shape index (κ2) is 11.3. The van der Waals surface area contributed by atoms with Gasteiger partial charge in [-0.2, -0.15) is 0 Å². The van der Waals surface area contributed by atoms with E-state index in [0.29, 0.717) is 24.5 Å². The van der Waals surface area contributed by atoms with E-state index in [1.54, 1.807) is 24.3 Å². The zero-order valence-electron chi connectivity index (χ0n) is 21.5. The van der Waals surface area contributed by atoms with Crippen LogP contribution in [0.1, 0.15) is 50.3 Å². The van der Waals surface area contributed by atoms with Crippen LogP contribution in [-0.4, -0.2) is 32.7 Å². The summed E-state index contributed by atoms with van der Waals surface area (Å²) in [4.78, 5) is 13.2. The summed E-state index contributed by atoms with van der Waals surface area (Å²) in [5, 5.41) is 3.07. The molecule has 37 heavy (non-hydrogen) atoms. The largest absolute Gasteiger partial charge is 0.489 e. The molecule has 0 bridgehead atoms. The highest BCUT2D eigenvalue weighted by Gasteiger charge is 2.39. The predicted molar refractivity (Wildman–Crippen MR) is 145 cm³/mol. The summed E-state index contributed by atoms with van der Waals surface area (Å²) in [6, 6.07) is 23.9. The number of carbonyl (C=O) groups is 1. The average Bonchev–Trinajstić information content (AvgIpc) is 2.91. The van der Waals surface area contributed by atoms with Crippen LogP contribution in [0.25, 0.3) is 0 Å². The molecule has 1 heterocycles. The first-order valence-corrected chi connectivity index (χ1v) is 14.4. The van der Waals surface area contributed by atoms with Crippen LogP contribution >= 0.6 is 0 Å². The van der Waals surface area contributed by atoms with Gasteiger partial charge in [-0.25, -0.2) is 8.42 Å². The molecule has 0 unspecified atom stereocenters. The molecule has 0 saturated heterocycles. The maximum Gasteiger partial charge on any atom is 0.241 e. The van der Waals surface area contributed by atoms with Gasteiger partial charge in [-0.05, 0) is 48.7 Å². The first-order chi connectivity index (χ1) is 17.7. The second-order valence-electron chi connectivity index (χ2n) is 9.39. The van der Waals surface area contributed by atoms with Crippen LogP contribution < -0.4 is 19.1 Å². The minimum atomic E-state index is -3.71. The van der Waals surface area contributed by atoms with Crippen LogP contribution in [0, 0.1) is 0 Å². The quantitative estimate of drug-likeness (QED) is 0.394. The van der Waals surface area contributed by atoms with Gasteiger partial charge in [0.1, 0.15) is 30.3 Å². The molecule has 0 spiro atoms. The third kappa shape index (κ3) is 6.43. The van der Waals surface area contributed by atoms with Crippen LogP contribution in [0.15, 0.2) is 78.9 Å². The Morgan fingerprint density at radius 2 is 1.65 bits per heavy atom. The summed E-state index contributed by atoms with van der Waals surface area (Å²) in [6.45, 7) is 4.24. The number of para-hydroxylation sites is 1. The fourth-order valence-corrected chi connectivity index (χ4v) is 5.51. The lowest BCUT2D eigenvalue weighted by molar-refractivity contribution is -0.121. The van der Waals surface area contributed by atoms with Gasteiger partial charge in [0, 0.05) is 12.0 Å². The molecule has 7 nitrogen and oxygen atoms in total. The molecular weight excluding hydrogens is 488 g/mol. The third-order valence-corrected chi connectivity index (χ3v) is 8.02. The van der Waals surface area contributed by atoms with E-state index in [4.69, 9.17) is 9.47 Å². The van der Waals surface area contributed by atoms with E-state index >= 15 is 0 Å². The van der Waals surface area contributed by atoms with Crippen molar-refractivity contribution in [1.82, 2.24) is 5.32 Å². The van der Waals surface area contributed by atoms with Crippen LogP contribution in [0.2, 0.25) is 0 Å². The number of sulfonamides is 1. The zero-order chi connectivity index (χ0) is 26.5. The maximum atomic E-state index is 13.2. The number of fused-ring (bicyclic) bond motifs is 1. The average molecular weight is 523 g/mol. The first-order valence-electron chi connectivity index (χ1n) is 12.5. The van der Waals surface area contributed by atoms with E-state index in [-0.39, 0.29) is 24.1 Å². The molecule has 1 aliphatic heterocycles. The minimum absolute atomic E-state index is 0.271. The van der Waals surface area contributed by atoms with Gasteiger partial charge in [0.15, 0.2) is 0 Å². The fraction of sp³-hybridized carbons (Fsp3) is 0.345. The lowest BCUT2D eigenvalue weighted by Gasteiger charge is -2.41. The van der Waals surface area contributed by atoms with Crippen LogP contribution in [0.3, 0.4) is 0 Å². The number of rotatable bonds is 10. The van der Waals surface area contributed by atoms with Gasteiger partial charge in [-0.1, -0.05) is 62.4 Å². The summed E-state index contributed by atoms with van der Waals surface area (Å²) in [5.41, 5.74) is 1.96. The van der Waals surface area contributed by atoms with Crippen molar-refractivity contribution < 1.29 is 22.7 Å². The van der Waals surface area contributed by atoms with E-state index in [0.717, 1.165) is 40.3 Å². The van der Waals surface area contributed by atoms with Crippen LogP contribution in [-0.2, 0) is 21.4 Å². The Labute approximate surface area is 219 Å². The van der Waals surface area contributed by atoms with Crippen molar-refractivity contribution in [3.05, 3.63) is 90.0 Å². The van der Waals surface area contributed by atoms with Crippen molar-refractivity contribution in [3.8, 4) is 11.5 Å². The van der Waals surface area contributed by atoms with Crippen molar-refractivity contribution in [2.75, 3.05) is 17.1 Å². The number of carbonyl (C=O) groups excluding carboxylic acids is 1. The molecule has 1 aliphatic rings. The number of hydrogen-bond acceptors (Lipinski definition) is 5. The van der Waals surface area contributed by atoms with Gasteiger partial charge in [-0.3, -0.25) is 9.10 Å². The highest BCUT2D eigenvalue weighted by molar-refractivity contribution is 7.92. The predicted octanol–water partition coefficient (Wildman–Crippen LogP) is 5.23. The van der Waals surface area contributed by atoms with Crippen LogP contribution in [0.4, 0.5) is 5.69 Å².